The number of benzene rings is 2. The second-order valence-electron chi connectivity index (χ2n) is 7.49. The minimum atomic E-state index is -3.89. The van der Waals surface area contributed by atoms with E-state index in [-0.39, 0.29) is 9.79 Å². The molecule has 1 fully saturated rings. The molecule has 0 saturated carbocycles. The van der Waals surface area contributed by atoms with Gasteiger partial charge < -0.3 is 9.64 Å². The highest BCUT2D eigenvalue weighted by molar-refractivity contribution is 7.92. The van der Waals surface area contributed by atoms with E-state index in [0.717, 1.165) is 29.6 Å². The molecule has 1 N–H and O–H groups in total. The molecule has 1 atom stereocenters. The topological polar surface area (TPSA) is 96.0 Å². The molecule has 0 amide bonds. The normalized spacial score (nSPS) is 17.3. The summed E-state index contributed by atoms with van der Waals surface area (Å²) in [6, 6.07) is 12.4. The van der Waals surface area contributed by atoms with Gasteiger partial charge in [-0.05, 0) is 42.8 Å². The quantitative estimate of drug-likeness (QED) is 0.658. The van der Waals surface area contributed by atoms with Gasteiger partial charge in [0.05, 0.1) is 27.8 Å². The summed E-state index contributed by atoms with van der Waals surface area (Å²) in [6.07, 6.45) is 0.987. The van der Waals surface area contributed by atoms with Crippen LogP contribution in [0.25, 0.3) is 0 Å². The molecule has 0 radical (unpaired) electrons. The van der Waals surface area contributed by atoms with Gasteiger partial charge in [-0.2, -0.15) is 0 Å². The summed E-state index contributed by atoms with van der Waals surface area (Å²) in [5.41, 5.74) is 1.23. The van der Waals surface area contributed by atoms with Gasteiger partial charge >= 0.3 is 0 Å². The highest BCUT2D eigenvalue weighted by atomic mass is 32.2. The standard InChI is InChI=1S/C20H27N3O5S2/c1-22(2)30(26,27)18-10-8-17(9-11-18)29(24,25)21-19-6-4-5-7-20(19)23(3)14-16-12-13-28-15-16/h4-11,16,21H,12-15H2,1-3H3. The Labute approximate surface area is 178 Å². The van der Waals surface area contributed by atoms with Crippen LogP contribution in [0.1, 0.15) is 6.42 Å². The van der Waals surface area contributed by atoms with Crippen LogP contribution in [0.5, 0.6) is 0 Å². The highest BCUT2D eigenvalue weighted by Gasteiger charge is 2.22. The molecule has 10 heteroatoms. The lowest BCUT2D eigenvalue weighted by Crippen LogP contribution is -2.27. The van der Waals surface area contributed by atoms with Crippen LogP contribution in [0.15, 0.2) is 58.3 Å². The number of rotatable bonds is 8. The van der Waals surface area contributed by atoms with Crippen molar-refractivity contribution in [2.24, 2.45) is 5.92 Å². The second-order valence-corrected chi connectivity index (χ2v) is 11.3. The van der Waals surface area contributed by atoms with Crippen molar-refractivity contribution in [1.82, 2.24) is 4.31 Å². The first-order chi connectivity index (χ1) is 14.1. The molecule has 1 unspecified atom stereocenters. The second kappa shape index (κ2) is 8.93. The number of hydrogen-bond acceptors (Lipinski definition) is 6. The first-order valence-corrected chi connectivity index (χ1v) is 12.5. The smallest absolute Gasteiger partial charge is 0.261 e. The Morgan fingerprint density at radius 1 is 0.967 bits per heavy atom. The molecule has 8 nitrogen and oxygen atoms in total. The van der Waals surface area contributed by atoms with E-state index >= 15 is 0 Å². The van der Waals surface area contributed by atoms with Crippen molar-refractivity contribution in [2.75, 3.05) is 50.5 Å². The summed E-state index contributed by atoms with van der Waals surface area (Å²) in [4.78, 5) is 2.04. The van der Waals surface area contributed by atoms with Crippen molar-refractivity contribution in [2.45, 2.75) is 16.2 Å². The summed E-state index contributed by atoms with van der Waals surface area (Å²) >= 11 is 0. The van der Waals surface area contributed by atoms with Crippen molar-refractivity contribution in [3.63, 3.8) is 0 Å². The van der Waals surface area contributed by atoms with Crippen molar-refractivity contribution in [1.29, 1.82) is 0 Å². The number of nitrogens with one attached hydrogen (secondary N) is 1. The predicted molar refractivity (Wildman–Crippen MR) is 117 cm³/mol. The van der Waals surface area contributed by atoms with E-state index in [1.807, 2.05) is 24.1 Å². The fourth-order valence-corrected chi connectivity index (χ4v) is 5.29. The molecule has 164 valence electrons. The van der Waals surface area contributed by atoms with Gasteiger partial charge in [0.2, 0.25) is 10.0 Å². The lowest BCUT2D eigenvalue weighted by Gasteiger charge is -2.25. The monoisotopic (exact) mass is 453 g/mol. The van der Waals surface area contributed by atoms with Crippen LogP contribution in [0.4, 0.5) is 11.4 Å². The first-order valence-electron chi connectivity index (χ1n) is 9.54. The minimum absolute atomic E-state index is 0.0122. The van der Waals surface area contributed by atoms with Gasteiger partial charge in [-0.1, -0.05) is 12.1 Å². The molecule has 0 bridgehead atoms. The molecule has 1 heterocycles. The van der Waals surface area contributed by atoms with Crippen LogP contribution in [0, 0.1) is 5.92 Å². The van der Waals surface area contributed by atoms with Crippen LogP contribution in [0.2, 0.25) is 0 Å². The number of hydrogen-bond donors (Lipinski definition) is 1. The van der Waals surface area contributed by atoms with Crippen molar-refractivity contribution >= 4 is 31.4 Å². The maximum atomic E-state index is 12.9. The van der Waals surface area contributed by atoms with Crippen LogP contribution < -0.4 is 9.62 Å². The summed E-state index contributed by atoms with van der Waals surface area (Å²) in [5, 5.41) is 0. The molecule has 1 aliphatic heterocycles. The van der Waals surface area contributed by atoms with Crippen molar-refractivity contribution < 1.29 is 21.6 Å². The van der Waals surface area contributed by atoms with E-state index < -0.39 is 20.0 Å². The Morgan fingerprint density at radius 3 is 2.20 bits per heavy atom. The Bertz CT molecular complexity index is 1080. The van der Waals surface area contributed by atoms with Crippen LogP contribution in [-0.2, 0) is 24.8 Å². The molecule has 0 spiro atoms. The fraction of sp³-hybridized carbons (Fsp3) is 0.400. The summed E-state index contributed by atoms with van der Waals surface area (Å²) < 4.78 is 59.3. The summed E-state index contributed by atoms with van der Waals surface area (Å²) in [7, 11) is -2.75. The van der Waals surface area contributed by atoms with Crippen LogP contribution >= 0.6 is 0 Å². The zero-order valence-corrected chi connectivity index (χ0v) is 18.9. The lowest BCUT2D eigenvalue weighted by molar-refractivity contribution is 0.186. The van der Waals surface area contributed by atoms with Gasteiger partial charge in [0.1, 0.15) is 0 Å². The lowest BCUT2D eigenvalue weighted by atomic mass is 10.1. The largest absolute Gasteiger partial charge is 0.381 e. The first kappa shape index (κ1) is 22.5. The SMILES string of the molecule is CN(CC1CCOC1)c1ccccc1NS(=O)(=O)c1ccc(S(=O)(=O)N(C)C)cc1. The predicted octanol–water partition coefficient (Wildman–Crippen LogP) is 2.21. The molecule has 3 rings (SSSR count). The summed E-state index contributed by atoms with van der Waals surface area (Å²) in [6.45, 7) is 2.22. The molecule has 30 heavy (non-hydrogen) atoms. The van der Waals surface area contributed by atoms with E-state index in [1.165, 1.54) is 38.4 Å². The van der Waals surface area contributed by atoms with Crippen molar-refractivity contribution in [3.8, 4) is 0 Å². The molecule has 1 aliphatic rings. The third-order valence-electron chi connectivity index (χ3n) is 5.03. The number of nitrogens with zero attached hydrogens (tertiary/aromatic N) is 2. The average Bonchev–Trinajstić information content (AvgIpc) is 3.21. The Kier molecular flexibility index (Phi) is 6.71. The van der Waals surface area contributed by atoms with Gasteiger partial charge in [0.15, 0.2) is 0 Å². The maximum Gasteiger partial charge on any atom is 0.261 e. The molecule has 0 aromatic heterocycles. The van der Waals surface area contributed by atoms with Crippen molar-refractivity contribution in [3.05, 3.63) is 48.5 Å². The van der Waals surface area contributed by atoms with Crippen LogP contribution in [0.3, 0.4) is 0 Å². The molecular formula is C20H27N3O5S2. The van der Waals surface area contributed by atoms with Gasteiger partial charge in [0.25, 0.3) is 10.0 Å². The molecule has 1 saturated heterocycles. The van der Waals surface area contributed by atoms with E-state index in [2.05, 4.69) is 4.72 Å². The molecule has 2 aromatic rings. The van der Waals surface area contributed by atoms with E-state index in [9.17, 15) is 16.8 Å². The van der Waals surface area contributed by atoms with Gasteiger partial charge in [0, 0.05) is 40.2 Å². The van der Waals surface area contributed by atoms with Crippen LogP contribution in [-0.4, -0.2) is 62.0 Å². The third-order valence-corrected chi connectivity index (χ3v) is 8.24. The number of anilines is 2. The fourth-order valence-electron chi connectivity index (χ4n) is 3.31. The molecule has 0 aliphatic carbocycles. The van der Waals surface area contributed by atoms with Gasteiger partial charge in [-0.3, -0.25) is 4.72 Å². The Morgan fingerprint density at radius 2 is 1.60 bits per heavy atom. The third kappa shape index (κ3) is 4.94. The molecular weight excluding hydrogens is 426 g/mol. The van der Waals surface area contributed by atoms with Gasteiger partial charge in [-0.25, -0.2) is 21.1 Å². The number of sulfonamides is 2. The summed E-state index contributed by atoms with van der Waals surface area (Å²) in [5.74, 6) is 0.408. The van der Waals surface area contributed by atoms with Gasteiger partial charge in [-0.15, -0.1) is 0 Å². The van der Waals surface area contributed by atoms with E-state index in [4.69, 9.17) is 4.74 Å². The minimum Gasteiger partial charge on any atom is -0.381 e. The number of para-hydroxylation sites is 2. The zero-order valence-electron chi connectivity index (χ0n) is 17.3. The van der Waals surface area contributed by atoms with E-state index in [0.29, 0.717) is 18.2 Å². The van der Waals surface area contributed by atoms with E-state index in [1.54, 1.807) is 12.1 Å². The average molecular weight is 454 g/mol. The zero-order chi connectivity index (χ0) is 21.9. The Hall–Kier alpha value is -2.14. The molecule has 2 aromatic carbocycles. The Balaban J connectivity index is 1.82. The maximum absolute atomic E-state index is 12.9. The number of ether oxygens (including phenoxy) is 1. The highest BCUT2D eigenvalue weighted by Crippen LogP contribution is 2.29.